The molecular formula is C29H39BN4O6. The lowest BCUT2D eigenvalue weighted by atomic mass is 9.80. The fraction of sp³-hybridized carbons (Fsp3) is 0.552. The minimum atomic E-state index is -1.68. The molecule has 4 rings (SSSR count). The first kappa shape index (κ1) is 29.7. The molecule has 1 unspecified atom stereocenters. The molecule has 0 bridgehead atoms. The van der Waals surface area contributed by atoms with Crippen LogP contribution in [0.5, 0.6) is 0 Å². The molecule has 2 fully saturated rings. The van der Waals surface area contributed by atoms with Gasteiger partial charge in [-0.3, -0.25) is 9.69 Å². The highest BCUT2D eigenvalue weighted by atomic mass is 16.6. The minimum absolute atomic E-state index is 0.0847. The fourth-order valence-corrected chi connectivity index (χ4v) is 5.63. The van der Waals surface area contributed by atoms with E-state index in [2.05, 4.69) is 30.1 Å². The van der Waals surface area contributed by atoms with Gasteiger partial charge in [-0.2, -0.15) is 5.26 Å². The Bertz CT molecular complexity index is 1300. The number of hydrogen-bond donors (Lipinski definition) is 3. The van der Waals surface area contributed by atoms with Gasteiger partial charge >= 0.3 is 13.2 Å². The molecule has 40 heavy (non-hydrogen) atoms. The molecule has 11 heteroatoms. The van der Waals surface area contributed by atoms with Crippen LogP contribution < -0.4 is 5.32 Å². The number of fused-ring (bicyclic) bond motifs is 1. The number of likely N-dealkylation sites (tertiary alicyclic amines) is 2. The first-order valence-corrected chi connectivity index (χ1v) is 13.9. The van der Waals surface area contributed by atoms with Crippen LogP contribution in [0.4, 0.5) is 4.79 Å². The van der Waals surface area contributed by atoms with Gasteiger partial charge < -0.3 is 29.4 Å². The Labute approximate surface area is 235 Å². The molecular weight excluding hydrogens is 511 g/mol. The third-order valence-electron chi connectivity index (χ3n) is 7.87. The second kappa shape index (κ2) is 12.0. The predicted molar refractivity (Wildman–Crippen MR) is 151 cm³/mol. The van der Waals surface area contributed by atoms with Gasteiger partial charge in [-0.05, 0) is 51.1 Å². The SMILES string of the molecule is CC1(C)CCN(C(C)(C)C=C(C#N)C(=O)N2CCC[C@H](OC(=O)NC(CB(O)O)c3occ4ccccc34)C2)C1. The van der Waals surface area contributed by atoms with Gasteiger partial charge in [0.1, 0.15) is 23.5 Å². The Kier molecular flexibility index (Phi) is 8.93. The summed E-state index contributed by atoms with van der Waals surface area (Å²) in [6, 6.07) is 8.64. The number of nitrogens with one attached hydrogen (secondary N) is 1. The minimum Gasteiger partial charge on any atom is -0.466 e. The number of ether oxygens (including phenoxy) is 1. The second-order valence-electron chi connectivity index (χ2n) is 12.2. The lowest BCUT2D eigenvalue weighted by Crippen LogP contribution is -2.46. The van der Waals surface area contributed by atoms with Crippen LogP contribution in [0, 0.1) is 16.7 Å². The average Bonchev–Trinajstić information content (AvgIpc) is 3.49. The maximum absolute atomic E-state index is 13.4. The zero-order valence-corrected chi connectivity index (χ0v) is 23.7. The van der Waals surface area contributed by atoms with Crippen molar-refractivity contribution in [2.45, 2.75) is 71.0 Å². The third kappa shape index (κ3) is 7.05. The number of hydrogen-bond acceptors (Lipinski definition) is 8. The van der Waals surface area contributed by atoms with E-state index in [1.54, 1.807) is 17.2 Å². The summed E-state index contributed by atoms with van der Waals surface area (Å²) >= 11 is 0. The maximum Gasteiger partial charge on any atom is 0.454 e. The van der Waals surface area contributed by atoms with Gasteiger partial charge in [-0.15, -0.1) is 0 Å². The van der Waals surface area contributed by atoms with E-state index < -0.39 is 30.9 Å². The number of carbonyl (C=O) groups is 2. The van der Waals surface area contributed by atoms with E-state index in [1.807, 2.05) is 38.1 Å². The highest BCUT2D eigenvalue weighted by molar-refractivity contribution is 6.41. The lowest BCUT2D eigenvalue weighted by Gasteiger charge is -2.35. The van der Waals surface area contributed by atoms with Crippen molar-refractivity contribution in [1.82, 2.24) is 15.1 Å². The van der Waals surface area contributed by atoms with Crippen LogP contribution in [-0.2, 0) is 9.53 Å². The number of carbonyl (C=O) groups excluding carboxylic acids is 2. The molecule has 2 atom stereocenters. The number of amides is 2. The van der Waals surface area contributed by atoms with Crippen molar-refractivity contribution in [3.05, 3.63) is 47.9 Å². The predicted octanol–water partition coefficient (Wildman–Crippen LogP) is 3.62. The summed E-state index contributed by atoms with van der Waals surface area (Å²) in [7, 11) is -1.68. The molecule has 0 spiro atoms. The summed E-state index contributed by atoms with van der Waals surface area (Å²) in [6.45, 7) is 10.9. The van der Waals surface area contributed by atoms with Crippen molar-refractivity contribution in [3.8, 4) is 6.07 Å². The monoisotopic (exact) mass is 550 g/mol. The first-order valence-electron chi connectivity index (χ1n) is 13.9. The van der Waals surface area contributed by atoms with Crippen LogP contribution in [0.3, 0.4) is 0 Å². The van der Waals surface area contributed by atoms with Crippen molar-refractivity contribution in [3.63, 3.8) is 0 Å². The molecule has 2 aliphatic rings. The Morgan fingerprint density at radius 2 is 2.08 bits per heavy atom. The number of rotatable bonds is 8. The van der Waals surface area contributed by atoms with E-state index in [9.17, 15) is 24.9 Å². The van der Waals surface area contributed by atoms with Crippen molar-refractivity contribution >= 4 is 29.9 Å². The van der Waals surface area contributed by atoms with Crippen LogP contribution in [0.2, 0.25) is 6.32 Å². The Balaban J connectivity index is 1.40. The van der Waals surface area contributed by atoms with Gasteiger partial charge in [-0.1, -0.05) is 38.1 Å². The molecule has 2 aliphatic heterocycles. The number of piperidine rings is 1. The molecule has 0 aliphatic carbocycles. The highest BCUT2D eigenvalue weighted by Crippen LogP contribution is 2.34. The maximum atomic E-state index is 13.4. The molecule has 214 valence electrons. The molecule has 0 saturated carbocycles. The third-order valence-corrected chi connectivity index (χ3v) is 7.87. The fourth-order valence-electron chi connectivity index (χ4n) is 5.63. The first-order chi connectivity index (χ1) is 18.9. The van der Waals surface area contributed by atoms with Gasteiger partial charge in [0.25, 0.3) is 5.91 Å². The number of alkyl carbamates (subject to hydrolysis) is 1. The van der Waals surface area contributed by atoms with Crippen molar-refractivity contribution in [1.29, 1.82) is 5.26 Å². The van der Waals surface area contributed by atoms with E-state index in [4.69, 9.17) is 9.15 Å². The topological polar surface area (TPSA) is 139 Å². The Morgan fingerprint density at radius 1 is 1.32 bits per heavy atom. The number of nitriles is 1. The van der Waals surface area contributed by atoms with Crippen molar-refractivity contribution < 1.29 is 28.8 Å². The normalized spacial score (nSPS) is 20.7. The van der Waals surface area contributed by atoms with E-state index in [1.165, 1.54) is 0 Å². The summed E-state index contributed by atoms with van der Waals surface area (Å²) in [5, 5.41) is 33.4. The summed E-state index contributed by atoms with van der Waals surface area (Å²) in [5.41, 5.74) is -0.179. The molecule has 10 nitrogen and oxygen atoms in total. The van der Waals surface area contributed by atoms with Crippen molar-refractivity contribution in [2.24, 2.45) is 5.41 Å². The van der Waals surface area contributed by atoms with Gasteiger partial charge in [0.2, 0.25) is 0 Å². The van der Waals surface area contributed by atoms with Gasteiger partial charge in [-0.25, -0.2) is 4.79 Å². The smallest absolute Gasteiger partial charge is 0.454 e. The van der Waals surface area contributed by atoms with Crippen molar-refractivity contribution in [2.75, 3.05) is 26.2 Å². The zero-order chi connectivity index (χ0) is 29.1. The highest BCUT2D eigenvalue weighted by Gasteiger charge is 2.38. The van der Waals surface area contributed by atoms with E-state index in [0.29, 0.717) is 25.1 Å². The average molecular weight is 550 g/mol. The van der Waals surface area contributed by atoms with Gasteiger partial charge in [0.15, 0.2) is 0 Å². The van der Waals surface area contributed by atoms with E-state index in [-0.39, 0.29) is 29.8 Å². The zero-order valence-electron chi connectivity index (χ0n) is 23.7. The number of benzene rings is 1. The molecule has 3 N–H and O–H groups in total. The number of furan rings is 1. The summed E-state index contributed by atoms with van der Waals surface area (Å²) in [6.07, 6.45) is 4.03. The number of nitrogens with zero attached hydrogens (tertiary/aromatic N) is 3. The quantitative estimate of drug-likeness (QED) is 0.257. The molecule has 2 amide bonds. The molecule has 2 aromatic rings. The van der Waals surface area contributed by atoms with Crippen LogP contribution in [0.1, 0.15) is 58.8 Å². The van der Waals surface area contributed by atoms with Crippen LogP contribution in [-0.4, -0.2) is 76.8 Å². The molecule has 1 aromatic carbocycles. The summed E-state index contributed by atoms with van der Waals surface area (Å²) < 4.78 is 11.3. The van der Waals surface area contributed by atoms with E-state index in [0.717, 1.165) is 30.3 Å². The van der Waals surface area contributed by atoms with Crippen LogP contribution >= 0.6 is 0 Å². The van der Waals surface area contributed by atoms with Crippen LogP contribution in [0.15, 0.2) is 46.6 Å². The largest absolute Gasteiger partial charge is 0.466 e. The molecule has 1 aromatic heterocycles. The van der Waals surface area contributed by atoms with Crippen LogP contribution in [0.25, 0.3) is 10.8 Å². The Hall–Kier alpha value is -3.33. The van der Waals surface area contributed by atoms with Gasteiger partial charge in [0.05, 0.1) is 18.8 Å². The summed E-state index contributed by atoms with van der Waals surface area (Å²) in [4.78, 5) is 30.1. The Morgan fingerprint density at radius 3 is 2.75 bits per heavy atom. The standard InChI is InChI=1S/C29H39BN4O6/c1-28(2)11-13-34(19-28)29(3,4)14-21(16-31)26(35)33-12-7-9-22(17-33)40-27(36)32-24(15-30(37)38)25-23-10-6-5-8-20(23)18-39-25/h5-6,8,10,14,18,22,24,37-38H,7,9,11-13,15,17,19H2,1-4H3,(H,32,36)/t22-,24?/m0/s1. The molecule has 0 radical (unpaired) electrons. The van der Waals surface area contributed by atoms with Gasteiger partial charge in [0, 0.05) is 35.7 Å². The lowest BCUT2D eigenvalue weighted by molar-refractivity contribution is -0.129. The summed E-state index contributed by atoms with van der Waals surface area (Å²) in [5.74, 6) is 0.0278. The molecule has 3 heterocycles. The molecule has 2 saturated heterocycles. The second-order valence-corrected chi connectivity index (χ2v) is 12.2. The van der Waals surface area contributed by atoms with E-state index >= 15 is 0 Å².